The lowest BCUT2D eigenvalue weighted by Gasteiger charge is -2.20. The molecule has 142 valence electrons. The van der Waals surface area contributed by atoms with Crippen LogP contribution in [0, 0.1) is 11.6 Å². The van der Waals surface area contributed by atoms with Gasteiger partial charge in [-0.1, -0.05) is 18.2 Å². The smallest absolute Gasteiger partial charge is 0.335 e. The molecule has 3 rings (SSSR count). The predicted molar refractivity (Wildman–Crippen MR) is 95.7 cm³/mol. The average Bonchev–Trinajstić information content (AvgIpc) is 3.08. The Morgan fingerprint density at radius 1 is 1.11 bits per heavy atom. The molecule has 2 amide bonds. The van der Waals surface area contributed by atoms with Crippen LogP contribution in [0.15, 0.2) is 42.5 Å². The summed E-state index contributed by atoms with van der Waals surface area (Å²) < 4.78 is 27.7. The minimum absolute atomic E-state index is 0.0688. The van der Waals surface area contributed by atoms with Crippen LogP contribution in [-0.2, 0) is 6.54 Å². The first-order chi connectivity index (χ1) is 12.9. The summed E-state index contributed by atoms with van der Waals surface area (Å²) in [6, 6.07) is 9.31. The number of para-hydroxylation sites is 1. The second-order valence-electron chi connectivity index (χ2n) is 6.33. The fourth-order valence-electron chi connectivity index (χ4n) is 3.06. The van der Waals surface area contributed by atoms with Gasteiger partial charge in [0.2, 0.25) is 0 Å². The molecule has 8 heteroatoms. The number of hydrogen-bond donors (Lipinski definition) is 3. The van der Waals surface area contributed by atoms with Crippen molar-refractivity contribution in [1.29, 1.82) is 0 Å². The minimum atomic E-state index is -1.01. The maximum Gasteiger partial charge on any atom is 0.335 e. The van der Waals surface area contributed by atoms with Crippen molar-refractivity contribution in [3.63, 3.8) is 0 Å². The Balaban J connectivity index is 1.50. The quantitative estimate of drug-likeness (QED) is 0.751. The number of nitrogens with zero attached hydrogens (tertiary/aromatic N) is 1. The Morgan fingerprint density at radius 3 is 2.41 bits per heavy atom. The number of carboxylic acid groups (broad SMARTS) is 1. The van der Waals surface area contributed by atoms with Gasteiger partial charge in [-0.2, -0.15) is 0 Å². The number of aromatic carboxylic acids is 1. The number of nitrogens with one attached hydrogen (secondary N) is 2. The summed E-state index contributed by atoms with van der Waals surface area (Å²) in [5, 5.41) is 14.3. The Bertz CT molecular complexity index is 822. The molecule has 1 aliphatic heterocycles. The standard InChI is InChI=1S/C19H19F2N3O3/c20-15-2-1-3-16(21)17(15)24-9-8-14(11-24)23-19(27)22-10-12-4-6-13(7-5-12)18(25)26/h1-7,14H,8-11H2,(H,25,26)(H2,22,23,27). The van der Waals surface area contributed by atoms with Gasteiger partial charge in [-0.05, 0) is 36.2 Å². The first-order valence-electron chi connectivity index (χ1n) is 8.49. The topological polar surface area (TPSA) is 81.7 Å². The molecule has 2 aromatic rings. The highest BCUT2D eigenvalue weighted by molar-refractivity contribution is 5.87. The number of urea groups is 1. The van der Waals surface area contributed by atoms with Gasteiger partial charge in [-0.3, -0.25) is 0 Å². The zero-order chi connectivity index (χ0) is 19.4. The summed E-state index contributed by atoms with van der Waals surface area (Å²) in [4.78, 5) is 24.4. The summed E-state index contributed by atoms with van der Waals surface area (Å²) in [5.74, 6) is -2.25. The van der Waals surface area contributed by atoms with E-state index in [1.807, 2.05) is 0 Å². The number of anilines is 1. The van der Waals surface area contributed by atoms with Crippen molar-refractivity contribution >= 4 is 17.7 Å². The highest BCUT2D eigenvalue weighted by atomic mass is 19.1. The van der Waals surface area contributed by atoms with Gasteiger partial charge in [0.1, 0.15) is 17.3 Å². The van der Waals surface area contributed by atoms with Crippen molar-refractivity contribution < 1.29 is 23.5 Å². The number of amides is 2. The molecule has 1 atom stereocenters. The van der Waals surface area contributed by atoms with E-state index >= 15 is 0 Å². The van der Waals surface area contributed by atoms with Crippen LogP contribution in [0.5, 0.6) is 0 Å². The lowest BCUT2D eigenvalue weighted by molar-refractivity contribution is 0.0697. The molecule has 0 bridgehead atoms. The number of hydrogen-bond acceptors (Lipinski definition) is 3. The number of carbonyl (C=O) groups is 2. The van der Waals surface area contributed by atoms with Gasteiger partial charge >= 0.3 is 12.0 Å². The van der Waals surface area contributed by atoms with Crippen molar-refractivity contribution in [2.75, 3.05) is 18.0 Å². The van der Waals surface area contributed by atoms with Gasteiger partial charge < -0.3 is 20.6 Å². The number of benzene rings is 2. The molecule has 0 radical (unpaired) electrons. The molecule has 2 aromatic carbocycles. The van der Waals surface area contributed by atoms with Crippen LogP contribution >= 0.6 is 0 Å². The van der Waals surface area contributed by atoms with E-state index in [4.69, 9.17) is 5.11 Å². The molecule has 1 fully saturated rings. The van der Waals surface area contributed by atoms with Crippen LogP contribution in [0.4, 0.5) is 19.3 Å². The first kappa shape index (κ1) is 18.6. The molecule has 0 saturated carbocycles. The lowest BCUT2D eigenvalue weighted by Crippen LogP contribution is -2.43. The number of rotatable bonds is 5. The Morgan fingerprint density at radius 2 is 1.78 bits per heavy atom. The number of halogens is 2. The number of carbonyl (C=O) groups excluding carboxylic acids is 1. The monoisotopic (exact) mass is 375 g/mol. The van der Waals surface area contributed by atoms with Crippen LogP contribution in [0.2, 0.25) is 0 Å². The summed E-state index contributed by atoms with van der Waals surface area (Å²) in [7, 11) is 0. The molecular formula is C19H19F2N3O3. The second-order valence-corrected chi connectivity index (χ2v) is 6.33. The molecule has 1 heterocycles. The lowest BCUT2D eigenvalue weighted by atomic mass is 10.1. The summed E-state index contributed by atoms with van der Waals surface area (Å²) >= 11 is 0. The third-order valence-electron chi connectivity index (χ3n) is 4.43. The van der Waals surface area contributed by atoms with Gasteiger partial charge in [0.25, 0.3) is 0 Å². The van der Waals surface area contributed by atoms with E-state index in [2.05, 4.69) is 10.6 Å². The van der Waals surface area contributed by atoms with Crippen LogP contribution < -0.4 is 15.5 Å². The molecule has 1 unspecified atom stereocenters. The minimum Gasteiger partial charge on any atom is -0.478 e. The van der Waals surface area contributed by atoms with Crippen molar-refractivity contribution in [2.24, 2.45) is 0 Å². The van der Waals surface area contributed by atoms with E-state index in [-0.39, 0.29) is 23.8 Å². The van der Waals surface area contributed by atoms with E-state index in [9.17, 15) is 18.4 Å². The second kappa shape index (κ2) is 8.03. The summed E-state index contributed by atoms with van der Waals surface area (Å²) in [6.45, 7) is 1.00. The van der Waals surface area contributed by atoms with E-state index < -0.39 is 23.6 Å². The van der Waals surface area contributed by atoms with Crippen LogP contribution in [0.25, 0.3) is 0 Å². The molecular weight excluding hydrogens is 356 g/mol. The molecule has 0 spiro atoms. The Hall–Kier alpha value is -3.16. The molecule has 6 nitrogen and oxygen atoms in total. The van der Waals surface area contributed by atoms with Crippen molar-refractivity contribution in [1.82, 2.24) is 10.6 Å². The molecule has 3 N–H and O–H groups in total. The van der Waals surface area contributed by atoms with Gasteiger partial charge in [0.15, 0.2) is 0 Å². The van der Waals surface area contributed by atoms with Crippen LogP contribution in [-0.4, -0.2) is 36.2 Å². The molecule has 27 heavy (non-hydrogen) atoms. The highest BCUT2D eigenvalue weighted by Gasteiger charge is 2.27. The fraction of sp³-hybridized carbons (Fsp3) is 0.263. The third-order valence-corrected chi connectivity index (χ3v) is 4.43. The van der Waals surface area contributed by atoms with E-state index in [1.54, 1.807) is 17.0 Å². The molecule has 0 aliphatic carbocycles. The van der Waals surface area contributed by atoms with Gasteiger partial charge in [-0.15, -0.1) is 0 Å². The largest absolute Gasteiger partial charge is 0.478 e. The van der Waals surface area contributed by atoms with Crippen molar-refractivity contribution in [2.45, 2.75) is 19.0 Å². The van der Waals surface area contributed by atoms with Gasteiger partial charge in [-0.25, -0.2) is 18.4 Å². The molecule has 1 saturated heterocycles. The summed E-state index contributed by atoms with van der Waals surface area (Å²) in [5.41, 5.74) is 0.868. The van der Waals surface area contributed by atoms with E-state index in [0.717, 1.165) is 5.56 Å². The highest BCUT2D eigenvalue weighted by Crippen LogP contribution is 2.26. The maximum atomic E-state index is 13.9. The zero-order valence-electron chi connectivity index (χ0n) is 14.4. The SMILES string of the molecule is O=C(NCc1ccc(C(=O)O)cc1)NC1CCN(c2c(F)cccc2F)C1. The van der Waals surface area contributed by atoms with Crippen LogP contribution in [0.1, 0.15) is 22.3 Å². The average molecular weight is 375 g/mol. The predicted octanol–water partition coefficient (Wildman–Crippen LogP) is 2.74. The van der Waals surface area contributed by atoms with Crippen LogP contribution in [0.3, 0.4) is 0 Å². The maximum absolute atomic E-state index is 13.9. The Labute approximate surface area is 154 Å². The van der Waals surface area contributed by atoms with Crippen molar-refractivity contribution in [3.8, 4) is 0 Å². The fourth-order valence-corrected chi connectivity index (χ4v) is 3.06. The zero-order valence-corrected chi connectivity index (χ0v) is 14.4. The summed E-state index contributed by atoms with van der Waals surface area (Å²) in [6.07, 6.45) is 0.578. The third kappa shape index (κ3) is 4.52. The van der Waals surface area contributed by atoms with E-state index in [1.165, 1.54) is 30.3 Å². The molecule has 1 aliphatic rings. The number of carboxylic acids is 1. The van der Waals surface area contributed by atoms with E-state index in [0.29, 0.717) is 19.5 Å². The molecule has 0 aromatic heterocycles. The first-order valence-corrected chi connectivity index (χ1v) is 8.49. The van der Waals surface area contributed by atoms with Gasteiger partial charge in [0, 0.05) is 25.7 Å². The van der Waals surface area contributed by atoms with Crippen molar-refractivity contribution in [3.05, 3.63) is 65.2 Å². The Kier molecular flexibility index (Phi) is 5.54. The normalized spacial score (nSPS) is 16.2. The van der Waals surface area contributed by atoms with Gasteiger partial charge in [0.05, 0.1) is 5.56 Å².